The molecule has 1 atom stereocenters. The summed E-state index contributed by atoms with van der Waals surface area (Å²) in [5.41, 5.74) is -1.15. The summed E-state index contributed by atoms with van der Waals surface area (Å²) in [5, 5.41) is 2.34. The van der Waals surface area contributed by atoms with Gasteiger partial charge >= 0.3 is 6.18 Å². The molecule has 1 N–H and O–H groups in total. The van der Waals surface area contributed by atoms with E-state index in [4.69, 9.17) is 11.6 Å². The van der Waals surface area contributed by atoms with Crippen molar-refractivity contribution in [1.82, 2.24) is 0 Å². The number of halogens is 4. The molecule has 104 valence electrons. The maximum absolute atomic E-state index is 12.8. The van der Waals surface area contributed by atoms with Crippen molar-refractivity contribution >= 4 is 35.0 Å². The Hall–Kier alpha value is -0.880. The largest absolute Gasteiger partial charge is 0.418 e. The zero-order chi connectivity index (χ0) is 14.0. The number of carbonyl (C=O) groups excluding carboxylic acids is 1. The molecule has 1 unspecified atom stereocenters. The van der Waals surface area contributed by atoms with Gasteiger partial charge in [0.15, 0.2) is 0 Å². The fourth-order valence-electron chi connectivity index (χ4n) is 1.84. The maximum Gasteiger partial charge on any atom is 0.418 e. The van der Waals surface area contributed by atoms with Crippen LogP contribution in [0, 0.1) is 5.92 Å². The van der Waals surface area contributed by atoms with Crippen molar-refractivity contribution in [3.8, 4) is 0 Å². The summed E-state index contributed by atoms with van der Waals surface area (Å²) in [7, 11) is 0. The molecule has 19 heavy (non-hydrogen) atoms. The summed E-state index contributed by atoms with van der Waals surface area (Å²) in [6.07, 6.45) is -3.84. The van der Waals surface area contributed by atoms with Gasteiger partial charge in [-0.1, -0.05) is 11.6 Å². The smallest absolute Gasteiger partial charge is 0.325 e. The Morgan fingerprint density at radius 1 is 1.42 bits per heavy atom. The van der Waals surface area contributed by atoms with Crippen molar-refractivity contribution in [2.45, 2.75) is 12.6 Å². The Bertz CT molecular complexity index is 486. The van der Waals surface area contributed by atoms with Gasteiger partial charge in [-0.3, -0.25) is 4.79 Å². The lowest BCUT2D eigenvalue weighted by atomic mass is 10.1. The van der Waals surface area contributed by atoms with Gasteiger partial charge in [0.2, 0.25) is 5.91 Å². The Labute approximate surface area is 117 Å². The number of anilines is 1. The lowest BCUT2D eigenvalue weighted by molar-refractivity contribution is -0.137. The predicted octanol–water partition coefficient (Wildman–Crippen LogP) is 4.05. The Balaban J connectivity index is 2.22. The molecule has 0 bridgehead atoms. The maximum atomic E-state index is 12.8. The molecular weight excluding hydrogens is 299 g/mol. The van der Waals surface area contributed by atoms with Gasteiger partial charge in [-0.2, -0.15) is 24.9 Å². The van der Waals surface area contributed by atoms with Gasteiger partial charge in [-0.05, 0) is 30.4 Å². The highest BCUT2D eigenvalue weighted by Gasteiger charge is 2.35. The highest BCUT2D eigenvalue weighted by Crippen LogP contribution is 2.37. The van der Waals surface area contributed by atoms with E-state index >= 15 is 0 Å². The average Bonchev–Trinajstić information content (AvgIpc) is 2.83. The summed E-state index contributed by atoms with van der Waals surface area (Å²) in [6, 6.07) is 3.33. The molecular formula is C12H11ClF3NOS. The molecule has 0 aliphatic carbocycles. The Kier molecular flexibility index (Phi) is 4.30. The van der Waals surface area contributed by atoms with E-state index < -0.39 is 11.7 Å². The number of rotatable bonds is 2. The molecule has 0 aromatic heterocycles. The van der Waals surface area contributed by atoms with Crippen LogP contribution in [0.25, 0.3) is 0 Å². The van der Waals surface area contributed by atoms with E-state index in [0.717, 1.165) is 11.8 Å². The SMILES string of the molecule is O=C(Nc1ccc(Cl)cc1C(F)(F)F)C1CCSC1. The van der Waals surface area contributed by atoms with Crippen LogP contribution in [0.3, 0.4) is 0 Å². The molecule has 2 rings (SSSR count). The molecule has 1 saturated heterocycles. The normalized spacial score (nSPS) is 19.5. The van der Waals surface area contributed by atoms with Crippen LogP contribution in [0.2, 0.25) is 5.02 Å². The van der Waals surface area contributed by atoms with Crippen LogP contribution in [-0.2, 0) is 11.0 Å². The molecule has 2 nitrogen and oxygen atoms in total. The number of thioether (sulfide) groups is 1. The van der Waals surface area contributed by atoms with Crippen molar-refractivity contribution < 1.29 is 18.0 Å². The van der Waals surface area contributed by atoms with E-state index in [2.05, 4.69) is 5.32 Å². The van der Waals surface area contributed by atoms with Crippen LogP contribution in [0.5, 0.6) is 0 Å². The van der Waals surface area contributed by atoms with Crippen molar-refractivity contribution in [1.29, 1.82) is 0 Å². The minimum Gasteiger partial charge on any atom is -0.325 e. The first-order valence-corrected chi connectivity index (χ1v) is 7.16. The number of alkyl halides is 3. The summed E-state index contributed by atoms with van der Waals surface area (Å²) < 4.78 is 38.5. The van der Waals surface area contributed by atoms with Gasteiger partial charge in [-0.25, -0.2) is 0 Å². The zero-order valence-corrected chi connectivity index (χ0v) is 11.3. The summed E-state index contributed by atoms with van der Waals surface area (Å²) in [4.78, 5) is 11.9. The van der Waals surface area contributed by atoms with E-state index in [1.807, 2.05) is 0 Å². The first-order valence-electron chi connectivity index (χ1n) is 5.63. The van der Waals surface area contributed by atoms with E-state index in [9.17, 15) is 18.0 Å². The van der Waals surface area contributed by atoms with Crippen LogP contribution in [0.4, 0.5) is 18.9 Å². The summed E-state index contributed by atoms with van der Waals surface area (Å²) in [6.45, 7) is 0. The number of carbonyl (C=O) groups is 1. The molecule has 1 aromatic carbocycles. The molecule has 1 aromatic rings. The molecule has 1 aliphatic rings. The lowest BCUT2D eigenvalue weighted by Crippen LogP contribution is -2.24. The highest BCUT2D eigenvalue weighted by molar-refractivity contribution is 7.99. The number of nitrogens with one attached hydrogen (secondary N) is 1. The van der Waals surface area contributed by atoms with Gasteiger partial charge in [0.1, 0.15) is 0 Å². The summed E-state index contributed by atoms with van der Waals surface area (Å²) in [5.74, 6) is 0.936. The third-order valence-electron chi connectivity index (χ3n) is 2.85. The van der Waals surface area contributed by atoms with Crippen molar-refractivity contribution in [2.75, 3.05) is 16.8 Å². The van der Waals surface area contributed by atoms with Crippen molar-refractivity contribution in [3.05, 3.63) is 28.8 Å². The first kappa shape index (κ1) is 14.5. The predicted molar refractivity (Wildman–Crippen MR) is 70.5 cm³/mol. The van der Waals surface area contributed by atoms with Crippen LogP contribution in [0.1, 0.15) is 12.0 Å². The molecule has 7 heteroatoms. The first-order chi connectivity index (χ1) is 8.88. The van der Waals surface area contributed by atoms with E-state index in [0.29, 0.717) is 12.2 Å². The fourth-order valence-corrected chi connectivity index (χ4v) is 3.23. The molecule has 1 fully saturated rings. The summed E-state index contributed by atoms with van der Waals surface area (Å²) >= 11 is 7.20. The average molecular weight is 310 g/mol. The van der Waals surface area contributed by atoms with E-state index in [-0.39, 0.29) is 22.5 Å². The standard InChI is InChI=1S/C12H11ClF3NOS/c13-8-1-2-10(9(5-8)12(14,15)16)17-11(18)7-3-4-19-6-7/h1-2,5,7H,3-4,6H2,(H,17,18). The number of benzene rings is 1. The van der Waals surface area contributed by atoms with Crippen LogP contribution in [-0.4, -0.2) is 17.4 Å². The second-order valence-electron chi connectivity index (χ2n) is 4.24. The number of amides is 1. The molecule has 0 spiro atoms. The number of hydrogen-bond donors (Lipinski definition) is 1. The highest BCUT2D eigenvalue weighted by atomic mass is 35.5. The lowest BCUT2D eigenvalue weighted by Gasteiger charge is -2.16. The van der Waals surface area contributed by atoms with Gasteiger partial charge in [0, 0.05) is 16.7 Å². The third-order valence-corrected chi connectivity index (χ3v) is 4.24. The van der Waals surface area contributed by atoms with Gasteiger partial charge < -0.3 is 5.32 Å². The molecule has 1 heterocycles. The molecule has 0 saturated carbocycles. The topological polar surface area (TPSA) is 29.1 Å². The molecule has 1 amide bonds. The quantitative estimate of drug-likeness (QED) is 0.893. The van der Waals surface area contributed by atoms with Gasteiger partial charge in [-0.15, -0.1) is 0 Å². The van der Waals surface area contributed by atoms with Crippen LogP contribution >= 0.6 is 23.4 Å². The monoisotopic (exact) mass is 309 g/mol. The van der Waals surface area contributed by atoms with Crippen LogP contribution < -0.4 is 5.32 Å². The Morgan fingerprint density at radius 2 is 2.16 bits per heavy atom. The second-order valence-corrected chi connectivity index (χ2v) is 5.82. The fraction of sp³-hybridized carbons (Fsp3) is 0.417. The minimum absolute atomic E-state index is 0.0123. The molecule has 1 aliphatic heterocycles. The van der Waals surface area contributed by atoms with E-state index in [1.165, 1.54) is 12.1 Å². The Morgan fingerprint density at radius 3 is 2.74 bits per heavy atom. The van der Waals surface area contributed by atoms with E-state index in [1.54, 1.807) is 11.8 Å². The van der Waals surface area contributed by atoms with Crippen LogP contribution in [0.15, 0.2) is 18.2 Å². The van der Waals surface area contributed by atoms with Gasteiger partial charge in [0.05, 0.1) is 11.3 Å². The van der Waals surface area contributed by atoms with Crippen molar-refractivity contribution in [2.24, 2.45) is 5.92 Å². The number of hydrogen-bond acceptors (Lipinski definition) is 2. The van der Waals surface area contributed by atoms with Crippen molar-refractivity contribution in [3.63, 3.8) is 0 Å². The minimum atomic E-state index is -4.54. The second kappa shape index (κ2) is 5.63. The molecule has 0 radical (unpaired) electrons. The third kappa shape index (κ3) is 3.57. The zero-order valence-electron chi connectivity index (χ0n) is 9.76. The van der Waals surface area contributed by atoms with Gasteiger partial charge in [0.25, 0.3) is 0 Å².